The van der Waals surface area contributed by atoms with Gasteiger partial charge in [0.15, 0.2) is 18.1 Å². The van der Waals surface area contributed by atoms with Gasteiger partial charge in [0, 0.05) is 13.1 Å². The first-order valence-corrected chi connectivity index (χ1v) is 6.46. The van der Waals surface area contributed by atoms with Crippen molar-refractivity contribution in [2.24, 2.45) is 5.73 Å². The summed E-state index contributed by atoms with van der Waals surface area (Å²) in [4.78, 5) is 11.5. The first-order valence-electron chi connectivity index (χ1n) is 6.08. The molecule has 0 aromatic heterocycles. The van der Waals surface area contributed by atoms with Crippen LogP contribution in [0.4, 0.5) is 0 Å². The molecular weight excluding hydrogens is 268 g/mol. The molecule has 1 amide bonds. The zero-order valence-electron chi connectivity index (χ0n) is 11.2. The van der Waals surface area contributed by atoms with Gasteiger partial charge in [0.1, 0.15) is 0 Å². The van der Waals surface area contributed by atoms with Crippen molar-refractivity contribution in [1.29, 1.82) is 0 Å². The van der Waals surface area contributed by atoms with Gasteiger partial charge in [-0.25, -0.2) is 0 Å². The lowest BCUT2D eigenvalue weighted by Crippen LogP contribution is -2.29. The van der Waals surface area contributed by atoms with Crippen LogP contribution in [0.2, 0.25) is 5.02 Å². The van der Waals surface area contributed by atoms with E-state index in [9.17, 15) is 4.79 Å². The summed E-state index contributed by atoms with van der Waals surface area (Å²) in [7, 11) is 1.51. The smallest absolute Gasteiger partial charge is 0.257 e. The molecule has 0 atom stereocenters. The Bertz CT molecular complexity index is 438. The zero-order chi connectivity index (χ0) is 14.3. The van der Waals surface area contributed by atoms with Crippen molar-refractivity contribution in [2.45, 2.75) is 19.9 Å². The molecular formula is C13H19ClN2O3. The van der Waals surface area contributed by atoms with Crippen molar-refractivity contribution in [2.75, 3.05) is 20.3 Å². The van der Waals surface area contributed by atoms with E-state index in [-0.39, 0.29) is 12.5 Å². The fourth-order valence-corrected chi connectivity index (χ4v) is 1.77. The molecule has 3 N–H and O–H groups in total. The van der Waals surface area contributed by atoms with Crippen LogP contribution < -0.4 is 20.5 Å². The molecule has 0 radical (unpaired) electrons. The fraction of sp³-hybridized carbons (Fsp3) is 0.462. The summed E-state index contributed by atoms with van der Waals surface area (Å²) >= 11 is 6.09. The van der Waals surface area contributed by atoms with Crippen LogP contribution in [-0.4, -0.2) is 26.2 Å². The third-order valence-corrected chi connectivity index (χ3v) is 2.73. The summed E-state index contributed by atoms with van der Waals surface area (Å²) in [6.07, 6.45) is 0.876. The van der Waals surface area contributed by atoms with E-state index in [0.717, 1.165) is 12.0 Å². The normalized spacial score (nSPS) is 10.1. The highest BCUT2D eigenvalue weighted by Crippen LogP contribution is 2.36. The van der Waals surface area contributed by atoms with Crippen LogP contribution in [0.15, 0.2) is 12.1 Å². The van der Waals surface area contributed by atoms with Crippen molar-refractivity contribution in [3.63, 3.8) is 0 Å². The highest BCUT2D eigenvalue weighted by molar-refractivity contribution is 6.32. The molecule has 6 heteroatoms. The van der Waals surface area contributed by atoms with Gasteiger partial charge >= 0.3 is 0 Å². The van der Waals surface area contributed by atoms with Crippen molar-refractivity contribution in [3.05, 3.63) is 22.7 Å². The molecule has 0 fully saturated rings. The summed E-state index contributed by atoms with van der Waals surface area (Å²) < 4.78 is 10.6. The Morgan fingerprint density at radius 3 is 2.79 bits per heavy atom. The Hall–Kier alpha value is -1.46. The molecule has 0 spiro atoms. The molecule has 0 aliphatic carbocycles. The molecule has 0 saturated carbocycles. The maximum atomic E-state index is 11.5. The van der Waals surface area contributed by atoms with Crippen LogP contribution >= 0.6 is 11.6 Å². The Labute approximate surface area is 118 Å². The maximum Gasteiger partial charge on any atom is 0.257 e. The summed E-state index contributed by atoms with van der Waals surface area (Å²) in [6, 6.07) is 3.44. The van der Waals surface area contributed by atoms with E-state index in [1.165, 1.54) is 7.11 Å². The number of methoxy groups -OCH3 is 1. The third-order valence-electron chi connectivity index (χ3n) is 2.44. The quantitative estimate of drug-likeness (QED) is 0.800. The second-order valence-corrected chi connectivity index (χ2v) is 4.36. The van der Waals surface area contributed by atoms with Crippen LogP contribution in [0.5, 0.6) is 11.5 Å². The lowest BCUT2D eigenvalue weighted by atomic mass is 10.2. The number of rotatable bonds is 7. The lowest BCUT2D eigenvalue weighted by molar-refractivity contribution is -0.123. The number of nitrogens with one attached hydrogen (secondary N) is 1. The average Bonchev–Trinajstić information content (AvgIpc) is 2.42. The topological polar surface area (TPSA) is 73.6 Å². The van der Waals surface area contributed by atoms with E-state index in [2.05, 4.69) is 5.32 Å². The molecule has 0 aliphatic heterocycles. The molecule has 19 heavy (non-hydrogen) atoms. The fourth-order valence-electron chi connectivity index (χ4n) is 1.48. The number of carbonyl (C=O) groups excluding carboxylic acids is 1. The van der Waals surface area contributed by atoms with Crippen molar-refractivity contribution < 1.29 is 14.3 Å². The summed E-state index contributed by atoms with van der Waals surface area (Å²) in [5.41, 5.74) is 6.39. The highest BCUT2D eigenvalue weighted by atomic mass is 35.5. The number of hydrogen-bond donors (Lipinski definition) is 2. The molecule has 5 nitrogen and oxygen atoms in total. The highest BCUT2D eigenvalue weighted by Gasteiger charge is 2.13. The predicted molar refractivity (Wildman–Crippen MR) is 74.7 cm³/mol. The number of halogens is 1. The van der Waals surface area contributed by atoms with E-state index in [1.807, 2.05) is 6.92 Å². The molecule has 0 bridgehead atoms. The number of carbonyl (C=O) groups is 1. The van der Waals surface area contributed by atoms with Gasteiger partial charge in [0.25, 0.3) is 5.91 Å². The molecule has 106 valence electrons. The maximum absolute atomic E-state index is 11.5. The van der Waals surface area contributed by atoms with Gasteiger partial charge in [-0.2, -0.15) is 0 Å². The van der Waals surface area contributed by atoms with E-state index in [1.54, 1.807) is 12.1 Å². The monoisotopic (exact) mass is 286 g/mol. The van der Waals surface area contributed by atoms with Crippen LogP contribution in [0.3, 0.4) is 0 Å². The van der Waals surface area contributed by atoms with E-state index in [4.69, 9.17) is 26.8 Å². The first kappa shape index (κ1) is 15.6. The minimum absolute atomic E-state index is 0.0992. The average molecular weight is 287 g/mol. The summed E-state index contributed by atoms with van der Waals surface area (Å²) in [6.45, 7) is 2.86. The van der Waals surface area contributed by atoms with Crippen LogP contribution in [0, 0.1) is 0 Å². The largest absolute Gasteiger partial charge is 0.493 e. The van der Waals surface area contributed by atoms with Crippen LogP contribution in [0.1, 0.15) is 18.9 Å². The number of benzene rings is 1. The Morgan fingerprint density at radius 1 is 1.47 bits per heavy atom. The lowest BCUT2D eigenvalue weighted by Gasteiger charge is -2.13. The van der Waals surface area contributed by atoms with Gasteiger partial charge in [-0.05, 0) is 24.1 Å². The second kappa shape index (κ2) is 7.86. The first-order chi connectivity index (χ1) is 9.12. The van der Waals surface area contributed by atoms with E-state index >= 15 is 0 Å². The Balaban J connectivity index is 2.74. The number of nitrogens with two attached hydrogens (primary N) is 1. The number of ether oxygens (including phenoxy) is 2. The van der Waals surface area contributed by atoms with Crippen LogP contribution in [0.25, 0.3) is 0 Å². The van der Waals surface area contributed by atoms with Gasteiger partial charge in [-0.3, -0.25) is 4.79 Å². The third kappa shape index (κ3) is 4.61. The minimum Gasteiger partial charge on any atom is -0.493 e. The van der Waals surface area contributed by atoms with Gasteiger partial charge in [0.2, 0.25) is 0 Å². The van der Waals surface area contributed by atoms with Crippen molar-refractivity contribution in [1.82, 2.24) is 5.32 Å². The molecule has 0 aliphatic rings. The summed E-state index contributed by atoms with van der Waals surface area (Å²) in [5, 5.41) is 3.09. The zero-order valence-corrected chi connectivity index (χ0v) is 11.9. The molecule has 1 aromatic carbocycles. The van der Waals surface area contributed by atoms with Gasteiger partial charge in [-0.15, -0.1) is 0 Å². The van der Waals surface area contributed by atoms with Crippen molar-refractivity contribution in [3.8, 4) is 11.5 Å². The predicted octanol–water partition coefficient (Wildman–Crippen LogP) is 1.71. The molecule has 1 aromatic rings. The number of amides is 1. The van der Waals surface area contributed by atoms with Crippen molar-refractivity contribution >= 4 is 17.5 Å². The summed E-state index contributed by atoms with van der Waals surface area (Å²) in [5.74, 6) is 0.632. The van der Waals surface area contributed by atoms with Crippen LogP contribution in [-0.2, 0) is 11.3 Å². The van der Waals surface area contributed by atoms with E-state index in [0.29, 0.717) is 29.6 Å². The molecule has 0 heterocycles. The Kier molecular flexibility index (Phi) is 6.45. The van der Waals surface area contributed by atoms with Gasteiger partial charge in [0.05, 0.1) is 12.1 Å². The van der Waals surface area contributed by atoms with Gasteiger partial charge < -0.3 is 20.5 Å². The second-order valence-electron chi connectivity index (χ2n) is 3.95. The van der Waals surface area contributed by atoms with E-state index < -0.39 is 0 Å². The SMILES string of the molecule is CCCNC(=O)COc1c(Cl)cc(CN)cc1OC. The molecule has 1 rings (SSSR count). The van der Waals surface area contributed by atoms with Gasteiger partial charge in [-0.1, -0.05) is 18.5 Å². The Morgan fingerprint density at radius 2 is 2.21 bits per heavy atom. The molecule has 0 unspecified atom stereocenters. The standard InChI is InChI=1S/C13H19ClN2O3/c1-3-4-16-12(17)8-19-13-10(14)5-9(7-15)6-11(13)18-2/h5-6H,3-4,7-8,15H2,1-2H3,(H,16,17). The minimum atomic E-state index is -0.192. The number of hydrogen-bond acceptors (Lipinski definition) is 4. The molecule has 0 saturated heterocycles.